The first-order valence-corrected chi connectivity index (χ1v) is 10.2. The standard InChI is InChI=1S/C16H15Cl3N2O4S/c1-25-15-6-4-3-5-13(15)20-16(22)9-21(26(2,23)24)14-8-11(18)10(17)7-12(14)19/h3-8H,9H2,1-2H3,(H,20,22). The zero-order chi connectivity index (χ0) is 19.5. The third-order valence-electron chi connectivity index (χ3n) is 3.33. The van der Waals surface area contributed by atoms with Crippen LogP contribution in [0.2, 0.25) is 15.1 Å². The summed E-state index contributed by atoms with van der Waals surface area (Å²) < 4.78 is 30.4. The fourth-order valence-corrected chi connectivity index (χ4v) is 3.71. The van der Waals surface area contributed by atoms with Gasteiger partial charge in [0.05, 0.1) is 39.8 Å². The Morgan fingerprint density at radius 3 is 2.35 bits per heavy atom. The van der Waals surface area contributed by atoms with Gasteiger partial charge in [-0.2, -0.15) is 0 Å². The summed E-state index contributed by atoms with van der Waals surface area (Å²) in [5.41, 5.74) is 0.465. The Balaban J connectivity index is 2.32. The van der Waals surface area contributed by atoms with E-state index >= 15 is 0 Å². The van der Waals surface area contributed by atoms with Gasteiger partial charge in [0, 0.05) is 0 Å². The molecule has 1 amide bonds. The van der Waals surface area contributed by atoms with Crippen LogP contribution in [0.3, 0.4) is 0 Å². The third-order valence-corrected chi connectivity index (χ3v) is 5.48. The molecule has 0 radical (unpaired) electrons. The Bertz CT molecular complexity index is 935. The summed E-state index contributed by atoms with van der Waals surface area (Å²) >= 11 is 17.9. The van der Waals surface area contributed by atoms with E-state index in [0.29, 0.717) is 11.4 Å². The molecule has 0 unspecified atom stereocenters. The number of nitrogens with one attached hydrogen (secondary N) is 1. The minimum absolute atomic E-state index is 0.0508. The van der Waals surface area contributed by atoms with E-state index in [2.05, 4.69) is 5.32 Å². The molecule has 2 aromatic carbocycles. The summed E-state index contributed by atoms with van der Waals surface area (Å²) in [7, 11) is -2.36. The molecule has 0 aromatic heterocycles. The van der Waals surface area contributed by atoms with Crippen molar-refractivity contribution in [1.29, 1.82) is 0 Å². The molecule has 2 rings (SSSR count). The monoisotopic (exact) mass is 436 g/mol. The first-order valence-electron chi connectivity index (χ1n) is 7.18. The predicted octanol–water partition coefficient (Wildman–Crippen LogP) is 4.06. The summed E-state index contributed by atoms with van der Waals surface area (Å²) in [6.45, 7) is -0.505. The van der Waals surface area contributed by atoms with Gasteiger partial charge in [-0.3, -0.25) is 9.10 Å². The molecule has 0 heterocycles. The molecule has 0 aliphatic heterocycles. The maximum atomic E-state index is 12.4. The minimum atomic E-state index is -3.82. The molecule has 0 aliphatic rings. The Kier molecular flexibility index (Phi) is 6.63. The first kappa shape index (κ1) is 20.6. The molecule has 2 aromatic rings. The number of benzene rings is 2. The number of methoxy groups -OCH3 is 1. The van der Waals surface area contributed by atoms with Crippen molar-refractivity contribution in [2.45, 2.75) is 0 Å². The van der Waals surface area contributed by atoms with Crippen molar-refractivity contribution in [1.82, 2.24) is 0 Å². The van der Waals surface area contributed by atoms with E-state index in [9.17, 15) is 13.2 Å². The second-order valence-electron chi connectivity index (χ2n) is 5.24. The van der Waals surface area contributed by atoms with Crippen LogP contribution < -0.4 is 14.4 Å². The van der Waals surface area contributed by atoms with Crippen molar-refractivity contribution in [3.63, 3.8) is 0 Å². The average molecular weight is 438 g/mol. The quantitative estimate of drug-likeness (QED) is 0.692. The van der Waals surface area contributed by atoms with E-state index < -0.39 is 22.5 Å². The second-order valence-corrected chi connectivity index (χ2v) is 8.36. The minimum Gasteiger partial charge on any atom is -0.495 e. The molecule has 0 atom stereocenters. The maximum Gasteiger partial charge on any atom is 0.245 e. The molecule has 6 nitrogen and oxygen atoms in total. The molecule has 0 saturated carbocycles. The summed E-state index contributed by atoms with van der Waals surface area (Å²) in [5.74, 6) is -0.138. The van der Waals surface area contributed by atoms with Crippen LogP contribution >= 0.6 is 34.8 Å². The molecule has 10 heteroatoms. The van der Waals surface area contributed by atoms with Crippen molar-refractivity contribution in [2.75, 3.05) is 29.5 Å². The van der Waals surface area contributed by atoms with Crippen LogP contribution in [-0.4, -0.2) is 34.2 Å². The summed E-state index contributed by atoms with van der Waals surface area (Å²) in [5, 5.41) is 2.95. The van der Waals surface area contributed by atoms with Crippen LogP contribution in [0.15, 0.2) is 36.4 Å². The number of nitrogens with zero attached hydrogens (tertiary/aromatic N) is 1. The number of rotatable bonds is 6. The number of para-hydroxylation sites is 2. The number of halogens is 3. The third kappa shape index (κ3) is 4.94. The highest BCUT2D eigenvalue weighted by Crippen LogP contribution is 2.35. The smallest absolute Gasteiger partial charge is 0.245 e. The summed E-state index contributed by atoms with van der Waals surface area (Å²) in [6, 6.07) is 9.36. The fourth-order valence-electron chi connectivity index (χ4n) is 2.15. The van der Waals surface area contributed by atoms with Crippen LogP contribution in [0.4, 0.5) is 11.4 Å². The number of carbonyl (C=O) groups excluding carboxylic acids is 1. The summed E-state index contributed by atoms with van der Waals surface area (Å²) in [6.07, 6.45) is 0.961. The van der Waals surface area contributed by atoms with E-state index in [4.69, 9.17) is 39.5 Å². The number of hydrogen-bond acceptors (Lipinski definition) is 4. The topological polar surface area (TPSA) is 75.7 Å². The zero-order valence-corrected chi connectivity index (χ0v) is 16.9. The predicted molar refractivity (Wildman–Crippen MR) is 105 cm³/mol. The lowest BCUT2D eigenvalue weighted by atomic mass is 10.3. The molecule has 26 heavy (non-hydrogen) atoms. The summed E-state index contributed by atoms with van der Waals surface area (Å²) in [4.78, 5) is 12.4. The number of carbonyl (C=O) groups is 1. The Morgan fingerprint density at radius 2 is 1.73 bits per heavy atom. The van der Waals surface area contributed by atoms with Crippen LogP contribution in [0, 0.1) is 0 Å². The molecular weight excluding hydrogens is 423 g/mol. The van der Waals surface area contributed by atoms with Gasteiger partial charge < -0.3 is 10.1 Å². The van der Waals surface area contributed by atoms with Crippen molar-refractivity contribution < 1.29 is 17.9 Å². The van der Waals surface area contributed by atoms with Gasteiger partial charge in [-0.1, -0.05) is 46.9 Å². The van der Waals surface area contributed by atoms with Crippen LogP contribution in [0.1, 0.15) is 0 Å². The molecule has 0 spiro atoms. The number of hydrogen-bond donors (Lipinski definition) is 1. The highest BCUT2D eigenvalue weighted by atomic mass is 35.5. The van der Waals surface area contributed by atoms with Crippen molar-refractivity contribution in [3.05, 3.63) is 51.5 Å². The van der Waals surface area contributed by atoms with Gasteiger partial charge in [0.15, 0.2) is 0 Å². The largest absolute Gasteiger partial charge is 0.495 e. The van der Waals surface area contributed by atoms with Gasteiger partial charge in [0.2, 0.25) is 15.9 Å². The van der Waals surface area contributed by atoms with Crippen LogP contribution in [-0.2, 0) is 14.8 Å². The molecule has 0 aliphatic carbocycles. The molecule has 0 saturated heterocycles. The van der Waals surface area contributed by atoms with Crippen molar-refractivity contribution >= 4 is 62.1 Å². The van der Waals surface area contributed by atoms with E-state index in [1.165, 1.54) is 19.2 Å². The Hall–Kier alpha value is -1.67. The average Bonchev–Trinajstić information content (AvgIpc) is 2.56. The number of sulfonamides is 1. The van der Waals surface area contributed by atoms with Gasteiger partial charge in [0.25, 0.3) is 0 Å². The molecule has 1 N–H and O–H groups in total. The van der Waals surface area contributed by atoms with E-state index in [-0.39, 0.29) is 20.8 Å². The Labute approximate surface area is 166 Å². The SMILES string of the molecule is COc1ccccc1NC(=O)CN(c1cc(Cl)c(Cl)cc1Cl)S(C)(=O)=O. The zero-order valence-electron chi connectivity index (χ0n) is 13.8. The van der Waals surface area contributed by atoms with Crippen molar-refractivity contribution in [2.24, 2.45) is 0 Å². The van der Waals surface area contributed by atoms with Crippen molar-refractivity contribution in [3.8, 4) is 5.75 Å². The number of anilines is 2. The molecule has 0 fully saturated rings. The highest BCUT2D eigenvalue weighted by molar-refractivity contribution is 7.92. The van der Waals surface area contributed by atoms with E-state index in [0.717, 1.165) is 10.6 Å². The maximum absolute atomic E-state index is 12.4. The van der Waals surface area contributed by atoms with Gasteiger partial charge >= 0.3 is 0 Å². The van der Waals surface area contributed by atoms with E-state index in [1.54, 1.807) is 24.3 Å². The molecule has 140 valence electrons. The number of amides is 1. The van der Waals surface area contributed by atoms with Gasteiger partial charge in [-0.05, 0) is 24.3 Å². The highest BCUT2D eigenvalue weighted by Gasteiger charge is 2.24. The lowest BCUT2D eigenvalue weighted by molar-refractivity contribution is -0.114. The van der Waals surface area contributed by atoms with Gasteiger partial charge in [0.1, 0.15) is 12.3 Å². The molecular formula is C16H15Cl3N2O4S. The lowest BCUT2D eigenvalue weighted by Crippen LogP contribution is -2.37. The van der Waals surface area contributed by atoms with Gasteiger partial charge in [-0.15, -0.1) is 0 Å². The Morgan fingerprint density at radius 1 is 1.12 bits per heavy atom. The number of ether oxygens (including phenoxy) is 1. The van der Waals surface area contributed by atoms with E-state index in [1.807, 2.05) is 0 Å². The lowest BCUT2D eigenvalue weighted by Gasteiger charge is -2.23. The van der Waals surface area contributed by atoms with Gasteiger partial charge in [-0.25, -0.2) is 8.42 Å². The fraction of sp³-hybridized carbons (Fsp3) is 0.188. The normalized spacial score (nSPS) is 11.1. The van der Waals surface area contributed by atoms with Crippen LogP contribution in [0.25, 0.3) is 0 Å². The first-order chi connectivity index (χ1) is 12.1. The molecule has 0 bridgehead atoms. The van der Waals surface area contributed by atoms with Crippen LogP contribution in [0.5, 0.6) is 5.75 Å². The second kappa shape index (κ2) is 8.35.